The maximum Gasteiger partial charge on any atom is 0.261 e. The van der Waals surface area contributed by atoms with Crippen molar-refractivity contribution in [2.75, 3.05) is 6.61 Å². The second-order valence-electron chi connectivity index (χ2n) is 5.31. The van der Waals surface area contributed by atoms with Crippen LogP contribution in [0.1, 0.15) is 25.0 Å². The molecular formula is C19H19ClN2O3. The van der Waals surface area contributed by atoms with Crippen molar-refractivity contribution in [2.24, 2.45) is 0 Å². The lowest BCUT2D eigenvalue weighted by molar-refractivity contribution is -0.127. The first-order chi connectivity index (χ1) is 12.0. The number of hydrogen-bond donors (Lipinski definition) is 1. The smallest absolute Gasteiger partial charge is 0.261 e. The van der Waals surface area contributed by atoms with Crippen LogP contribution in [0.15, 0.2) is 42.5 Å². The molecular weight excluding hydrogens is 340 g/mol. The van der Waals surface area contributed by atoms with Crippen molar-refractivity contribution in [2.45, 2.75) is 26.5 Å². The first kappa shape index (κ1) is 18.6. The Balaban J connectivity index is 1.98. The van der Waals surface area contributed by atoms with E-state index in [1.165, 1.54) is 0 Å². The van der Waals surface area contributed by atoms with Crippen LogP contribution in [0.4, 0.5) is 0 Å². The number of nitrogens with zero attached hydrogens (tertiary/aromatic N) is 1. The third-order valence-corrected chi connectivity index (χ3v) is 3.68. The lowest BCUT2D eigenvalue weighted by atomic mass is 10.2. The van der Waals surface area contributed by atoms with E-state index < -0.39 is 6.10 Å². The van der Waals surface area contributed by atoms with E-state index in [4.69, 9.17) is 26.3 Å². The normalized spacial score (nSPS) is 11.3. The zero-order chi connectivity index (χ0) is 18.2. The minimum Gasteiger partial charge on any atom is -0.490 e. The van der Waals surface area contributed by atoms with Crippen LogP contribution in [0.3, 0.4) is 0 Å². The van der Waals surface area contributed by atoms with Crippen molar-refractivity contribution in [3.63, 3.8) is 0 Å². The number of carbonyl (C=O) groups excluding carboxylic acids is 1. The second kappa shape index (κ2) is 8.95. The summed E-state index contributed by atoms with van der Waals surface area (Å²) >= 11 is 5.84. The lowest BCUT2D eigenvalue weighted by Crippen LogP contribution is -2.36. The van der Waals surface area contributed by atoms with Crippen molar-refractivity contribution in [3.05, 3.63) is 58.6 Å². The van der Waals surface area contributed by atoms with Gasteiger partial charge in [-0.25, -0.2) is 0 Å². The third kappa shape index (κ3) is 5.40. The number of benzene rings is 2. The van der Waals surface area contributed by atoms with Gasteiger partial charge in [-0.1, -0.05) is 23.7 Å². The number of rotatable bonds is 7. The zero-order valence-corrected chi connectivity index (χ0v) is 14.8. The predicted octanol–water partition coefficient (Wildman–Crippen LogP) is 3.69. The Hall–Kier alpha value is -2.71. The van der Waals surface area contributed by atoms with Crippen LogP contribution in [-0.4, -0.2) is 18.6 Å². The zero-order valence-electron chi connectivity index (χ0n) is 14.1. The SMILES string of the molecule is CCOc1cc(C#N)ccc1OC(C)C(=O)NCc1ccc(Cl)cc1. The molecule has 2 rings (SSSR count). The number of amides is 1. The van der Waals surface area contributed by atoms with Crippen LogP contribution < -0.4 is 14.8 Å². The first-order valence-corrected chi connectivity index (χ1v) is 8.27. The summed E-state index contributed by atoms with van der Waals surface area (Å²) in [5.41, 5.74) is 1.41. The average Bonchev–Trinajstić information content (AvgIpc) is 2.62. The molecule has 0 spiro atoms. The fourth-order valence-corrected chi connectivity index (χ4v) is 2.25. The molecule has 0 aromatic heterocycles. The van der Waals surface area contributed by atoms with Gasteiger partial charge in [0, 0.05) is 17.6 Å². The Kier molecular flexibility index (Phi) is 6.67. The molecule has 6 heteroatoms. The van der Waals surface area contributed by atoms with Crippen LogP contribution in [0.25, 0.3) is 0 Å². The van der Waals surface area contributed by atoms with E-state index in [1.54, 1.807) is 37.3 Å². The number of halogens is 1. The Morgan fingerprint density at radius 3 is 2.60 bits per heavy atom. The van der Waals surface area contributed by atoms with E-state index >= 15 is 0 Å². The van der Waals surface area contributed by atoms with E-state index in [0.717, 1.165) is 5.56 Å². The summed E-state index contributed by atoms with van der Waals surface area (Å²) in [6, 6.07) is 14.1. The van der Waals surface area contributed by atoms with Gasteiger partial charge in [-0.05, 0) is 43.7 Å². The summed E-state index contributed by atoms with van der Waals surface area (Å²) in [6.45, 7) is 4.31. The molecule has 0 aliphatic carbocycles. The molecule has 5 nitrogen and oxygen atoms in total. The molecule has 0 heterocycles. The molecule has 2 aromatic carbocycles. The van der Waals surface area contributed by atoms with Gasteiger partial charge in [-0.2, -0.15) is 5.26 Å². The standard InChI is InChI=1S/C19H19ClN2O3/c1-3-24-18-10-15(11-21)6-9-17(18)25-13(2)19(23)22-12-14-4-7-16(20)8-5-14/h4-10,13H,3,12H2,1-2H3,(H,22,23). The third-order valence-electron chi connectivity index (χ3n) is 3.43. The molecule has 0 fully saturated rings. The van der Waals surface area contributed by atoms with Gasteiger partial charge in [0.05, 0.1) is 18.2 Å². The molecule has 0 saturated heterocycles. The summed E-state index contributed by atoms with van der Waals surface area (Å²) in [5.74, 6) is 0.621. The topological polar surface area (TPSA) is 71.3 Å². The fourth-order valence-electron chi connectivity index (χ4n) is 2.12. The van der Waals surface area contributed by atoms with Gasteiger partial charge in [0.15, 0.2) is 17.6 Å². The molecule has 1 N–H and O–H groups in total. The summed E-state index contributed by atoms with van der Waals surface area (Å²) < 4.78 is 11.2. The highest BCUT2D eigenvalue weighted by atomic mass is 35.5. The molecule has 1 atom stereocenters. The number of carbonyl (C=O) groups is 1. The average molecular weight is 359 g/mol. The molecule has 2 aromatic rings. The van der Waals surface area contributed by atoms with Gasteiger partial charge in [0.2, 0.25) is 0 Å². The van der Waals surface area contributed by atoms with Gasteiger partial charge in [0.1, 0.15) is 0 Å². The molecule has 0 saturated carbocycles. The molecule has 0 radical (unpaired) electrons. The summed E-state index contributed by atoms with van der Waals surface area (Å²) in [6.07, 6.45) is -0.709. The molecule has 130 valence electrons. The van der Waals surface area contributed by atoms with Crippen molar-refractivity contribution in [3.8, 4) is 17.6 Å². The van der Waals surface area contributed by atoms with Crippen molar-refractivity contribution >= 4 is 17.5 Å². The highest BCUT2D eigenvalue weighted by Crippen LogP contribution is 2.29. The number of ether oxygens (including phenoxy) is 2. The van der Waals surface area contributed by atoms with E-state index in [-0.39, 0.29) is 5.91 Å². The van der Waals surface area contributed by atoms with E-state index in [0.29, 0.717) is 35.2 Å². The van der Waals surface area contributed by atoms with E-state index in [1.807, 2.05) is 25.1 Å². The Morgan fingerprint density at radius 1 is 1.24 bits per heavy atom. The molecule has 0 aliphatic heterocycles. The molecule has 0 bridgehead atoms. The quantitative estimate of drug-likeness (QED) is 0.819. The molecule has 0 aliphatic rings. The maximum atomic E-state index is 12.2. The summed E-state index contributed by atoms with van der Waals surface area (Å²) in [4.78, 5) is 12.2. The number of nitrogens with one attached hydrogen (secondary N) is 1. The van der Waals surface area contributed by atoms with E-state index in [2.05, 4.69) is 5.32 Å². The van der Waals surface area contributed by atoms with Gasteiger partial charge in [0.25, 0.3) is 5.91 Å². The van der Waals surface area contributed by atoms with E-state index in [9.17, 15) is 4.79 Å². The monoisotopic (exact) mass is 358 g/mol. The van der Waals surface area contributed by atoms with Gasteiger partial charge in [-0.15, -0.1) is 0 Å². The van der Waals surface area contributed by atoms with Crippen molar-refractivity contribution < 1.29 is 14.3 Å². The molecule has 1 unspecified atom stereocenters. The number of nitriles is 1. The largest absolute Gasteiger partial charge is 0.490 e. The highest BCUT2D eigenvalue weighted by Gasteiger charge is 2.17. The second-order valence-corrected chi connectivity index (χ2v) is 5.75. The predicted molar refractivity (Wildman–Crippen MR) is 95.7 cm³/mol. The van der Waals surface area contributed by atoms with Crippen LogP contribution in [-0.2, 0) is 11.3 Å². The van der Waals surface area contributed by atoms with Gasteiger partial charge >= 0.3 is 0 Å². The summed E-state index contributed by atoms with van der Waals surface area (Å²) in [5, 5.41) is 12.4. The van der Waals surface area contributed by atoms with Crippen LogP contribution in [0, 0.1) is 11.3 Å². The van der Waals surface area contributed by atoms with Crippen LogP contribution in [0.5, 0.6) is 11.5 Å². The molecule has 25 heavy (non-hydrogen) atoms. The summed E-state index contributed by atoms with van der Waals surface area (Å²) in [7, 11) is 0. The van der Waals surface area contributed by atoms with Gasteiger partial charge in [-0.3, -0.25) is 4.79 Å². The maximum absolute atomic E-state index is 12.2. The minimum absolute atomic E-state index is 0.248. The number of hydrogen-bond acceptors (Lipinski definition) is 4. The van der Waals surface area contributed by atoms with Crippen molar-refractivity contribution in [1.29, 1.82) is 5.26 Å². The highest BCUT2D eigenvalue weighted by molar-refractivity contribution is 6.30. The minimum atomic E-state index is -0.709. The Labute approximate surface area is 152 Å². The van der Waals surface area contributed by atoms with Crippen molar-refractivity contribution in [1.82, 2.24) is 5.32 Å². The first-order valence-electron chi connectivity index (χ1n) is 7.89. The van der Waals surface area contributed by atoms with Crippen LogP contribution >= 0.6 is 11.6 Å². The fraction of sp³-hybridized carbons (Fsp3) is 0.263. The Bertz CT molecular complexity index is 769. The lowest BCUT2D eigenvalue weighted by Gasteiger charge is -2.17. The van der Waals surface area contributed by atoms with Crippen LogP contribution in [0.2, 0.25) is 5.02 Å². The van der Waals surface area contributed by atoms with Gasteiger partial charge < -0.3 is 14.8 Å². The Morgan fingerprint density at radius 2 is 1.96 bits per heavy atom. The molecule has 1 amide bonds.